The average molecular weight is 390 g/mol. The van der Waals surface area contributed by atoms with Gasteiger partial charge in [-0.15, -0.1) is 0 Å². The summed E-state index contributed by atoms with van der Waals surface area (Å²) in [6.07, 6.45) is 4.99. The standard InChI is InChI=1S/C18H16ClN3O3S/c1-9-3-4-10(7-14(9)19)15(23)21-18(26)20-11-5-6-12-13(8-11)17(25)22(2)16(12)24/h3-8,12-13H,1-2H3,(H2,20,21,23,26)/t12-,13-/m0/s1. The predicted octanol–water partition coefficient (Wildman–Crippen LogP) is 1.94. The fourth-order valence-electron chi connectivity index (χ4n) is 2.85. The van der Waals surface area contributed by atoms with E-state index < -0.39 is 17.7 Å². The SMILES string of the molecule is Cc1ccc(C(=O)NC(=S)NC2=C[C@@H]3C(=O)N(C)C(=O)[C@H]3C=C2)cc1Cl. The van der Waals surface area contributed by atoms with Crippen LogP contribution in [0.4, 0.5) is 0 Å². The van der Waals surface area contributed by atoms with Gasteiger partial charge >= 0.3 is 0 Å². The zero-order valence-corrected chi connectivity index (χ0v) is 15.6. The smallest absolute Gasteiger partial charge is 0.257 e. The second-order valence-corrected chi connectivity index (χ2v) is 6.96. The van der Waals surface area contributed by atoms with Gasteiger partial charge in [0.05, 0.1) is 11.8 Å². The van der Waals surface area contributed by atoms with Gasteiger partial charge in [0.25, 0.3) is 5.91 Å². The van der Waals surface area contributed by atoms with Crippen molar-refractivity contribution in [2.45, 2.75) is 6.92 Å². The van der Waals surface area contributed by atoms with E-state index in [2.05, 4.69) is 10.6 Å². The molecule has 1 aromatic carbocycles. The largest absolute Gasteiger partial charge is 0.333 e. The lowest BCUT2D eigenvalue weighted by atomic mass is 9.90. The Bertz CT molecular complexity index is 894. The zero-order valence-electron chi connectivity index (χ0n) is 14.1. The molecule has 1 heterocycles. The van der Waals surface area contributed by atoms with Gasteiger partial charge in [0, 0.05) is 23.3 Å². The average Bonchev–Trinajstić information content (AvgIpc) is 2.81. The molecule has 3 amide bonds. The van der Waals surface area contributed by atoms with Crippen LogP contribution in [0.25, 0.3) is 0 Å². The topological polar surface area (TPSA) is 78.5 Å². The molecule has 0 saturated carbocycles. The number of carbonyl (C=O) groups excluding carboxylic acids is 3. The number of carbonyl (C=O) groups is 3. The number of allylic oxidation sites excluding steroid dienone is 1. The minimum Gasteiger partial charge on any atom is -0.333 e. The number of thiocarbonyl (C=S) groups is 1. The normalized spacial score (nSPS) is 21.3. The molecule has 0 radical (unpaired) electrons. The van der Waals surface area contributed by atoms with E-state index in [1.165, 1.54) is 7.05 Å². The van der Waals surface area contributed by atoms with Crippen molar-refractivity contribution in [2.24, 2.45) is 11.8 Å². The third-order valence-corrected chi connectivity index (χ3v) is 4.99. The highest BCUT2D eigenvalue weighted by Crippen LogP contribution is 2.31. The number of halogens is 1. The van der Waals surface area contributed by atoms with Gasteiger partial charge in [-0.3, -0.25) is 24.6 Å². The summed E-state index contributed by atoms with van der Waals surface area (Å²) in [6.45, 7) is 1.85. The minimum atomic E-state index is -0.547. The molecular weight excluding hydrogens is 374 g/mol. The number of benzene rings is 1. The van der Waals surface area contributed by atoms with Crippen molar-refractivity contribution in [3.8, 4) is 0 Å². The third-order valence-electron chi connectivity index (χ3n) is 4.38. The molecule has 1 aliphatic carbocycles. The number of imide groups is 1. The Morgan fingerprint density at radius 3 is 2.62 bits per heavy atom. The lowest BCUT2D eigenvalue weighted by Gasteiger charge is -2.17. The van der Waals surface area contributed by atoms with Crippen LogP contribution < -0.4 is 10.6 Å². The molecule has 3 rings (SSSR count). The monoisotopic (exact) mass is 389 g/mol. The summed E-state index contributed by atoms with van der Waals surface area (Å²) < 4.78 is 0. The van der Waals surface area contributed by atoms with Crippen molar-refractivity contribution in [1.82, 2.24) is 15.5 Å². The van der Waals surface area contributed by atoms with Crippen LogP contribution >= 0.6 is 23.8 Å². The van der Waals surface area contributed by atoms with Crippen LogP contribution in [0.3, 0.4) is 0 Å². The van der Waals surface area contributed by atoms with Gasteiger partial charge in [0.15, 0.2) is 5.11 Å². The Morgan fingerprint density at radius 2 is 1.92 bits per heavy atom. The first-order valence-electron chi connectivity index (χ1n) is 7.88. The quantitative estimate of drug-likeness (QED) is 0.597. The van der Waals surface area contributed by atoms with E-state index in [-0.39, 0.29) is 16.9 Å². The van der Waals surface area contributed by atoms with Gasteiger partial charge in [-0.05, 0) is 49.0 Å². The van der Waals surface area contributed by atoms with Gasteiger partial charge < -0.3 is 5.32 Å². The van der Waals surface area contributed by atoms with Crippen LogP contribution in [-0.4, -0.2) is 34.8 Å². The highest BCUT2D eigenvalue weighted by Gasteiger charge is 2.44. The molecule has 0 spiro atoms. The molecule has 1 saturated heterocycles. The number of nitrogens with one attached hydrogen (secondary N) is 2. The maximum atomic E-state index is 12.2. The molecule has 134 valence electrons. The number of rotatable bonds is 2. The number of aryl methyl sites for hydroxylation is 1. The second kappa shape index (κ2) is 7.01. The van der Waals surface area contributed by atoms with Crippen LogP contribution in [0.5, 0.6) is 0 Å². The highest BCUT2D eigenvalue weighted by atomic mass is 35.5. The molecule has 0 unspecified atom stereocenters. The van der Waals surface area contributed by atoms with E-state index in [1.54, 1.807) is 36.4 Å². The van der Waals surface area contributed by atoms with Gasteiger partial charge in [-0.1, -0.05) is 23.7 Å². The van der Waals surface area contributed by atoms with Crippen molar-refractivity contribution in [1.29, 1.82) is 0 Å². The van der Waals surface area contributed by atoms with Crippen molar-refractivity contribution < 1.29 is 14.4 Å². The molecule has 26 heavy (non-hydrogen) atoms. The molecule has 2 N–H and O–H groups in total. The van der Waals surface area contributed by atoms with Gasteiger partial charge in [0.2, 0.25) is 11.8 Å². The molecule has 1 fully saturated rings. The van der Waals surface area contributed by atoms with E-state index in [4.69, 9.17) is 23.8 Å². The van der Waals surface area contributed by atoms with Crippen LogP contribution in [0, 0.1) is 18.8 Å². The maximum absolute atomic E-state index is 12.2. The number of likely N-dealkylation sites (tertiary alicyclic amines) is 1. The fraction of sp³-hybridized carbons (Fsp3) is 0.222. The van der Waals surface area contributed by atoms with Gasteiger partial charge in [0.1, 0.15) is 0 Å². The molecule has 1 aliphatic heterocycles. The molecule has 8 heteroatoms. The van der Waals surface area contributed by atoms with Crippen molar-refractivity contribution in [3.05, 3.63) is 58.3 Å². The van der Waals surface area contributed by atoms with Crippen molar-refractivity contribution >= 4 is 46.7 Å². The Kier molecular flexibility index (Phi) is 4.93. The summed E-state index contributed by atoms with van der Waals surface area (Å²) in [5.41, 5.74) is 1.81. The summed E-state index contributed by atoms with van der Waals surface area (Å²) in [5, 5.41) is 6.02. The Balaban J connectivity index is 1.65. The number of nitrogens with zero attached hydrogens (tertiary/aromatic N) is 1. The second-order valence-electron chi connectivity index (χ2n) is 6.14. The van der Waals surface area contributed by atoms with Crippen LogP contribution in [0.15, 0.2) is 42.1 Å². The summed E-state index contributed by atoms with van der Waals surface area (Å²) in [4.78, 5) is 37.4. The van der Waals surface area contributed by atoms with E-state index in [1.807, 2.05) is 6.92 Å². The maximum Gasteiger partial charge on any atom is 0.257 e. The van der Waals surface area contributed by atoms with Crippen LogP contribution in [0.2, 0.25) is 5.02 Å². The van der Waals surface area contributed by atoms with E-state index in [0.29, 0.717) is 16.3 Å². The molecule has 1 aromatic rings. The minimum absolute atomic E-state index is 0.0891. The number of fused-ring (bicyclic) bond motifs is 1. The molecule has 2 atom stereocenters. The van der Waals surface area contributed by atoms with Crippen molar-refractivity contribution in [3.63, 3.8) is 0 Å². The first-order valence-corrected chi connectivity index (χ1v) is 8.66. The lowest BCUT2D eigenvalue weighted by molar-refractivity contribution is -0.137. The van der Waals surface area contributed by atoms with Crippen molar-refractivity contribution in [2.75, 3.05) is 7.05 Å². The van der Waals surface area contributed by atoms with E-state index in [9.17, 15) is 14.4 Å². The number of hydrogen-bond donors (Lipinski definition) is 2. The van der Waals surface area contributed by atoms with Gasteiger partial charge in [-0.2, -0.15) is 0 Å². The Morgan fingerprint density at radius 1 is 1.23 bits per heavy atom. The summed E-state index contributed by atoms with van der Waals surface area (Å²) in [5.74, 6) is -1.90. The summed E-state index contributed by atoms with van der Waals surface area (Å²) in [6, 6.07) is 4.97. The van der Waals surface area contributed by atoms with Crippen LogP contribution in [0.1, 0.15) is 15.9 Å². The first-order chi connectivity index (χ1) is 12.3. The molecule has 2 aliphatic rings. The molecular formula is C18H16ClN3O3S. The van der Waals surface area contributed by atoms with Gasteiger partial charge in [-0.25, -0.2) is 0 Å². The molecule has 0 bridgehead atoms. The van der Waals surface area contributed by atoms with E-state index in [0.717, 1.165) is 10.5 Å². The van der Waals surface area contributed by atoms with E-state index >= 15 is 0 Å². The predicted molar refractivity (Wildman–Crippen MR) is 101 cm³/mol. The lowest BCUT2D eigenvalue weighted by Crippen LogP contribution is -2.39. The summed E-state index contributed by atoms with van der Waals surface area (Å²) in [7, 11) is 1.47. The van der Waals surface area contributed by atoms with Crippen LogP contribution in [-0.2, 0) is 9.59 Å². The summed E-state index contributed by atoms with van der Waals surface area (Å²) >= 11 is 11.2. The Labute approximate surface area is 160 Å². The number of amides is 3. The molecule has 6 nitrogen and oxygen atoms in total. The first kappa shape index (κ1) is 18.3. The number of hydrogen-bond acceptors (Lipinski definition) is 4. The zero-order chi connectivity index (χ0) is 19.0. The molecule has 0 aromatic heterocycles. The highest BCUT2D eigenvalue weighted by molar-refractivity contribution is 7.80. The Hall–Kier alpha value is -2.51. The fourth-order valence-corrected chi connectivity index (χ4v) is 3.24. The third kappa shape index (κ3) is 3.40.